The molecular weight excluding hydrogens is 361 g/mol. The van der Waals surface area contributed by atoms with E-state index in [1.165, 1.54) is 0 Å². The van der Waals surface area contributed by atoms with E-state index >= 15 is 0 Å². The number of halogens is 5. The van der Waals surface area contributed by atoms with Gasteiger partial charge in [0.15, 0.2) is 0 Å². The molecule has 7 heteroatoms. The first-order valence-electron chi connectivity index (χ1n) is 5.82. The summed E-state index contributed by atoms with van der Waals surface area (Å²) in [6, 6.07) is 0. The number of fused-ring (bicyclic) bond motifs is 1. The fourth-order valence-electron chi connectivity index (χ4n) is 2.09. The summed E-state index contributed by atoms with van der Waals surface area (Å²) in [6.45, 7) is 1.87. The highest BCUT2D eigenvalue weighted by atomic mass is 35.5. The molecule has 1 aromatic rings. The molecule has 0 atom stereocenters. The lowest BCUT2D eigenvalue weighted by molar-refractivity contribution is -0.745. The minimum Gasteiger partial charge on any atom is -1.00 e. The van der Waals surface area contributed by atoms with Crippen molar-refractivity contribution in [1.82, 2.24) is 4.90 Å². The zero-order valence-electron chi connectivity index (χ0n) is 11.4. The molecule has 0 N–H and O–H groups in total. The van der Waals surface area contributed by atoms with E-state index in [1.54, 1.807) is 0 Å². The second-order valence-electron chi connectivity index (χ2n) is 5.22. The van der Waals surface area contributed by atoms with Gasteiger partial charge in [-0.3, -0.25) is 4.48 Å². The summed E-state index contributed by atoms with van der Waals surface area (Å²) in [7, 11) is 6.18. The second kappa shape index (κ2) is 6.62. The van der Waals surface area contributed by atoms with E-state index in [-0.39, 0.29) is 12.4 Å². The Kier molecular flexibility index (Phi) is 6.08. The molecular formula is C13H15Cl5N2. The van der Waals surface area contributed by atoms with Crippen molar-refractivity contribution < 1.29 is 16.9 Å². The van der Waals surface area contributed by atoms with Crippen LogP contribution in [0.3, 0.4) is 0 Å². The zero-order valence-corrected chi connectivity index (χ0v) is 15.1. The number of hydrogen-bond donors (Lipinski definition) is 0. The molecule has 0 spiro atoms. The normalized spacial score (nSPS) is 15.4. The third-order valence-electron chi connectivity index (χ3n) is 3.22. The summed E-state index contributed by atoms with van der Waals surface area (Å²) in [6.07, 6.45) is 4.13. The fraction of sp³-hybridized carbons (Fsp3) is 0.385. The van der Waals surface area contributed by atoms with E-state index in [2.05, 4.69) is 24.3 Å². The molecule has 0 aliphatic carbocycles. The van der Waals surface area contributed by atoms with Crippen LogP contribution in [-0.4, -0.2) is 43.6 Å². The molecule has 1 aliphatic heterocycles. The Morgan fingerprint density at radius 3 is 1.65 bits per heavy atom. The minimum absolute atomic E-state index is 0. The minimum atomic E-state index is 0. The van der Waals surface area contributed by atoms with Crippen LogP contribution in [0.15, 0.2) is 0 Å². The number of benzene rings is 1. The van der Waals surface area contributed by atoms with Crippen molar-refractivity contribution in [3.8, 4) is 0 Å². The summed E-state index contributed by atoms with van der Waals surface area (Å²) >= 11 is 24.7. The fourth-order valence-corrected chi connectivity index (χ4v) is 3.07. The first-order chi connectivity index (χ1) is 8.75. The van der Waals surface area contributed by atoms with Gasteiger partial charge in [-0.25, -0.2) is 0 Å². The lowest BCUT2D eigenvalue weighted by atomic mass is 10.2. The summed E-state index contributed by atoms with van der Waals surface area (Å²) in [5, 5.41) is 3.29. The van der Waals surface area contributed by atoms with Crippen LogP contribution >= 0.6 is 46.4 Å². The molecule has 0 unspecified atom stereocenters. The topological polar surface area (TPSA) is 3.24 Å². The Hall–Kier alpha value is 0.330. The van der Waals surface area contributed by atoms with Crippen LogP contribution in [0, 0.1) is 0 Å². The molecule has 0 aromatic heterocycles. The second-order valence-corrected chi connectivity index (χ2v) is 6.73. The molecule has 1 heterocycles. The molecule has 0 radical (unpaired) electrons. The van der Waals surface area contributed by atoms with Crippen molar-refractivity contribution in [2.45, 2.75) is 0 Å². The highest BCUT2D eigenvalue weighted by Crippen LogP contribution is 2.32. The van der Waals surface area contributed by atoms with E-state index in [0.717, 1.165) is 23.5 Å². The van der Waals surface area contributed by atoms with Gasteiger partial charge in [-0.2, -0.15) is 0 Å². The molecule has 1 aliphatic rings. The Morgan fingerprint density at radius 2 is 1.30 bits per heavy atom. The van der Waals surface area contributed by atoms with Crippen LogP contribution in [-0.2, 0) is 0 Å². The average Bonchev–Trinajstić information content (AvgIpc) is 2.71. The maximum Gasteiger partial charge on any atom is 0.110 e. The van der Waals surface area contributed by atoms with Crippen molar-refractivity contribution in [3.63, 3.8) is 0 Å². The molecule has 0 saturated carbocycles. The van der Waals surface area contributed by atoms with Gasteiger partial charge in [0.25, 0.3) is 0 Å². The lowest BCUT2D eigenvalue weighted by Crippen LogP contribution is -3.00. The molecule has 0 saturated heterocycles. The molecule has 1 aromatic carbocycles. The largest absolute Gasteiger partial charge is 1.00 e. The van der Waals surface area contributed by atoms with Gasteiger partial charge < -0.3 is 17.3 Å². The van der Waals surface area contributed by atoms with Gasteiger partial charge in [-0.15, -0.1) is 0 Å². The standard InChI is InChI=1S/C13H15Cl4N2.ClH/c1-18(2)4-5-19(3)6-8-9(7-19)11(15)13(17)12(16)10(8)14;/h6-7H,4-5H2,1-3H3;1H/q+1;/p-1. The molecule has 2 rings (SSSR count). The number of rotatable bonds is 3. The van der Waals surface area contributed by atoms with Crippen LogP contribution < -0.4 is 22.8 Å². The van der Waals surface area contributed by atoms with Gasteiger partial charge >= 0.3 is 0 Å². The van der Waals surface area contributed by atoms with E-state index in [4.69, 9.17) is 46.4 Å². The number of likely N-dealkylation sites (N-methyl/N-ethyl adjacent to an activating group) is 2. The van der Waals surface area contributed by atoms with Gasteiger partial charge in [-0.1, -0.05) is 46.4 Å². The molecule has 20 heavy (non-hydrogen) atoms. The molecule has 0 fully saturated rings. The quantitative estimate of drug-likeness (QED) is 0.401. The van der Waals surface area contributed by atoms with Crippen LogP contribution in [0.2, 0.25) is 20.1 Å². The molecule has 112 valence electrons. The van der Waals surface area contributed by atoms with Gasteiger partial charge in [0, 0.05) is 6.54 Å². The summed E-state index contributed by atoms with van der Waals surface area (Å²) in [5.41, 5.74) is 0. The maximum atomic E-state index is 6.26. The highest BCUT2D eigenvalue weighted by molar-refractivity contribution is 6.51. The van der Waals surface area contributed by atoms with Gasteiger partial charge in [-0.05, 0) is 14.1 Å². The summed E-state index contributed by atoms with van der Waals surface area (Å²) < 4.78 is 0.629. The lowest BCUT2D eigenvalue weighted by Gasteiger charge is -2.25. The van der Waals surface area contributed by atoms with Crippen molar-refractivity contribution in [1.29, 1.82) is 0 Å². The Labute approximate surface area is 145 Å². The van der Waals surface area contributed by atoms with E-state index in [1.807, 2.05) is 14.1 Å². The zero-order chi connectivity index (χ0) is 14.4. The highest BCUT2D eigenvalue weighted by Gasteiger charge is 2.26. The number of nitrogens with zero attached hydrogens (tertiary/aromatic N) is 2. The predicted octanol–water partition coefficient (Wildman–Crippen LogP) is -0.198. The van der Waals surface area contributed by atoms with E-state index < -0.39 is 0 Å². The van der Waals surface area contributed by atoms with Gasteiger partial charge in [0.1, 0.15) is 12.4 Å². The third-order valence-corrected chi connectivity index (χ3v) is 5.05. The van der Waals surface area contributed by atoms with Gasteiger partial charge in [0.05, 0.1) is 44.1 Å². The van der Waals surface area contributed by atoms with Crippen LogP contribution in [0.25, 0.3) is 12.4 Å². The summed E-state index contributed by atoms with van der Waals surface area (Å²) in [4.78, 5) is 2.14. The van der Waals surface area contributed by atoms with E-state index in [9.17, 15) is 0 Å². The number of quaternary nitrogens is 1. The van der Waals surface area contributed by atoms with Crippen molar-refractivity contribution >= 4 is 58.8 Å². The smallest absolute Gasteiger partial charge is 0.110 e. The van der Waals surface area contributed by atoms with Crippen LogP contribution in [0.5, 0.6) is 0 Å². The van der Waals surface area contributed by atoms with Crippen LogP contribution in [0.1, 0.15) is 0 Å². The maximum absolute atomic E-state index is 6.26. The van der Waals surface area contributed by atoms with Crippen molar-refractivity contribution in [2.24, 2.45) is 0 Å². The first kappa shape index (κ1) is 18.4. The Morgan fingerprint density at radius 1 is 0.900 bits per heavy atom. The van der Waals surface area contributed by atoms with Crippen molar-refractivity contribution in [3.05, 3.63) is 30.5 Å². The molecule has 2 nitrogen and oxygen atoms in total. The molecule has 0 amide bonds. The predicted molar refractivity (Wildman–Crippen MR) is 84.3 cm³/mol. The SMILES string of the molecule is CN(C)CC[N+]1(C)C=c2c(Cl)c(Cl)c(Cl)c(Cl)c2=C1.[Cl-]. The Bertz CT molecular complexity index is 592. The third kappa shape index (κ3) is 3.38. The van der Waals surface area contributed by atoms with Gasteiger partial charge in [0.2, 0.25) is 0 Å². The monoisotopic (exact) mass is 374 g/mol. The van der Waals surface area contributed by atoms with Crippen LogP contribution in [0.4, 0.5) is 0 Å². The van der Waals surface area contributed by atoms with Crippen molar-refractivity contribution in [2.75, 3.05) is 34.2 Å². The van der Waals surface area contributed by atoms with E-state index in [0.29, 0.717) is 24.6 Å². The number of hydrogen-bond acceptors (Lipinski definition) is 1. The summed E-state index contributed by atoms with van der Waals surface area (Å²) in [5.74, 6) is 0. The Balaban J connectivity index is 0.00000200. The first-order valence-corrected chi connectivity index (χ1v) is 7.34. The average molecular weight is 377 g/mol. The molecule has 0 bridgehead atoms.